The summed E-state index contributed by atoms with van der Waals surface area (Å²) in [6, 6.07) is 3.99. The second-order valence-electron chi connectivity index (χ2n) is 9.40. The van der Waals surface area contributed by atoms with Gasteiger partial charge in [-0.05, 0) is 44.2 Å². The molecule has 0 aliphatic carbocycles. The Morgan fingerprint density at radius 1 is 1.08 bits per heavy atom. The fraction of sp³-hybridized carbons (Fsp3) is 0.682. The van der Waals surface area contributed by atoms with Crippen molar-refractivity contribution < 1.29 is 14.3 Å². The molecule has 0 aromatic heterocycles. The lowest BCUT2D eigenvalue weighted by Crippen LogP contribution is -2.51. The molecular weight excluding hydrogens is 326 g/mol. The van der Waals surface area contributed by atoms with Crippen molar-refractivity contribution in [2.75, 3.05) is 19.6 Å². The molecule has 1 saturated heterocycles. The Labute approximate surface area is 156 Å². The Balaban J connectivity index is 1.56. The number of carbonyl (C=O) groups is 1. The van der Waals surface area contributed by atoms with E-state index in [0.717, 1.165) is 67.9 Å². The van der Waals surface area contributed by atoms with E-state index in [4.69, 9.17) is 9.47 Å². The van der Waals surface area contributed by atoms with Crippen LogP contribution in [0.5, 0.6) is 11.5 Å². The van der Waals surface area contributed by atoms with Gasteiger partial charge in [0, 0.05) is 38.5 Å². The van der Waals surface area contributed by atoms with Crippen LogP contribution in [-0.2, 0) is 6.42 Å². The van der Waals surface area contributed by atoms with E-state index in [0.29, 0.717) is 12.3 Å². The third-order valence-electron chi connectivity index (χ3n) is 6.05. The van der Waals surface area contributed by atoms with Gasteiger partial charge in [0.05, 0.1) is 12.0 Å². The molecule has 0 atom stereocenters. The number of benzene rings is 1. The minimum atomic E-state index is -0.323. The molecule has 4 rings (SSSR count). The lowest BCUT2D eigenvalue weighted by Gasteiger charge is -2.44. The maximum absolute atomic E-state index is 12.9. The number of aryl methyl sites for hydroxylation is 1. The first-order valence-corrected chi connectivity index (χ1v) is 10.1. The van der Waals surface area contributed by atoms with Crippen LogP contribution in [0.1, 0.15) is 69.3 Å². The number of hydrogen-bond acceptors (Lipinski definition) is 4. The molecule has 26 heavy (non-hydrogen) atoms. The van der Waals surface area contributed by atoms with Gasteiger partial charge in [-0.25, -0.2) is 0 Å². The summed E-state index contributed by atoms with van der Waals surface area (Å²) in [5.41, 5.74) is 1.42. The third kappa shape index (κ3) is 3.36. The molecule has 0 amide bonds. The van der Waals surface area contributed by atoms with Crippen LogP contribution in [0.25, 0.3) is 0 Å². The maximum atomic E-state index is 12.9. The summed E-state index contributed by atoms with van der Waals surface area (Å²) in [7, 11) is 0. The molecule has 4 nitrogen and oxygen atoms in total. The number of piperidine rings is 1. The molecule has 1 fully saturated rings. The molecule has 0 radical (unpaired) electrons. The quantitative estimate of drug-likeness (QED) is 0.793. The third-order valence-corrected chi connectivity index (χ3v) is 6.05. The molecule has 0 unspecified atom stereocenters. The zero-order valence-corrected chi connectivity index (χ0v) is 16.6. The Bertz CT molecular complexity index is 714. The molecule has 3 aliphatic heterocycles. The number of ether oxygens (including phenoxy) is 2. The number of likely N-dealkylation sites (tertiary alicyclic amines) is 1. The van der Waals surface area contributed by atoms with Crippen molar-refractivity contribution in [3.63, 3.8) is 0 Å². The summed E-state index contributed by atoms with van der Waals surface area (Å²) in [5, 5.41) is 0. The first-order valence-electron chi connectivity index (χ1n) is 10.1. The molecule has 0 bridgehead atoms. The van der Waals surface area contributed by atoms with Crippen LogP contribution in [0.4, 0.5) is 0 Å². The zero-order valence-electron chi connectivity index (χ0n) is 16.6. The lowest BCUT2D eigenvalue weighted by atomic mass is 9.81. The summed E-state index contributed by atoms with van der Waals surface area (Å²) in [4.78, 5) is 15.4. The highest BCUT2D eigenvalue weighted by atomic mass is 16.5. The fourth-order valence-electron chi connectivity index (χ4n) is 4.58. The summed E-state index contributed by atoms with van der Waals surface area (Å²) >= 11 is 0. The predicted molar refractivity (Wildman–Crippen MR) is 102 cm³/mol. The van der Waals surface area contributed by atoms with E-state index in [1.807, 2.05) is 12.1 Å². The number of nitrogens with zero attached hydrogens (tertiary/aromatic N) is 1. The summed E-state index contributed by atoms with van der Waals surface area (Å²) in [6.45, 7) is 11.9. The van der Waals surface area contributed by atoms with Gasteiger partial charge in [-0.2, -0.15) is 0 Å². The van der Waals surface area contributed by atoms with Crippen molar-refractivity contribution >= 4 is 5.78 Å². The molecule has 142 valence electrons. The van der Waals surface area contributed by atoms with Gasteiger partial charge in [0.1, 0.15) is 22.7 Å². The van der Waals surface area contributed by atoms with Gasteiger partial charge in [-0.1, -0.05) is 13.8 Å². The van der Waals surface area contributed by atoms with E-state index < -0.39 is 0 Å². The lowest BCUT2D eigenvalue weighted by molar-refractivity contribution is -0.0116. The van der Waals surface area contributed by atoms with Crippen LogP contribution in [0, 0.1) is 5.92 Å². The van der Waals surface area contributed by atoms with Crippen LogP contribution in [0.2, 0.25) is 0 Å². The number of hydrogen-bond donors (Lipinski definition) is 0. The second-order valence-corrected chi connectivity index (χ2v) is 9.40. The molecule has 0 N–H and O–H groups in total. The number of fused-ring (bicyclic) bond motifs is 2. The number of carbonyl (C=O) groups excluding carboxylic acids is 1. The monoisotopic (exact) mass is 357 g/mol. The minimum Gasteiger partial charge on any atom is -0.487 e. The van der Waals surface area contributed by atoms with Crippen molar-refractivity contribution in [3.8, 4) is 11.5 Å². The first kappa shape index (κ1) is 17.8. The molecule has 1 spiro atoms. The molecule has 1 aromatic rings. The van der Waals surface area contributed by atoms with Crippen molar-refractivity contribution in [1.82, 2.24) is 4.90 Å². The van der Waals surface area contributed by atoms with Crippen LogP contribution in [-0.4, -0.2) is 41.5 Å². The topological polar surface area (TPSA) is 38.8 Å². The first-order chi connectivity index (χ1) is 12.3. The van der Waals surface area contributed by atoms with E-state index in [-0.39, 0.29) is 17.0 Å². The predicted octanol–water partition coefficient (Wildman–Crippen LogP) is 4.25. The zero-order chi connectivity index (χ0) is 18.5. The molecule has 3 heterocycles. The second kappa shape index (κ2) is 6.26. The number of ketones is 1. The smallest absolute Gasteiger partial charge is 0.170 e. The van der Waals surface area contributed by atoms with Gasteiger partial charge in [0.2, 0.25) is 0 Å². The number of rotatable bonds is 2. The van der Waals surface area contributed by atoms with Gasteiger partial charge in [0.25, 0.3) is 0 Å². The normalized spacial score (nSPS) is 24.0. The largest absolute Gasteiger partial charge is 0.487 e. The summed E-state index contributed by atoms with van der Waals surface area (Å²) < 4.78 is 12.6. The van der Waals surface area contributed by atoms with Crippen LogP contribution in [0.3, 0.4) is 0 Å². The molecular formula is C22H31NO3. The van der Waals surface area contributed by atoms with E-state index >= 15 is 0 Å². The van der Waals surface area contributed by atoms with Gasteiger partial charge in [-0.3, -0.25) is 4.79 Å². The molecule has 1 aromatic carbocycles. The van der Waals surface area contributed by atoms with Gasteiger partial charge in [0.15, 0.2) is 5.78 Å². The minimum absolute atomic E-state index is 0.153. The average molecular weight is 357 g/mol. The van der Waals surface area contributed by atoms with E-state index in [9.17, 15) is 4.79 Å². The Morgan fingerprint density at radius 2 is 1.81 bits per heavy atom. The standard InChI is InChI=1S/C22H31NO3/c1-15(2)14-23-9-7-22(8-10-23)13-18(24)17-11-16-5-6-21(3,4)25-19(16)12-20(17)26-22/h11-12,15H,5-10,13-14H2,1-4H3. The highest BCUT2D eigenvalue weighted by Crippen LogP contribution is 2.44. The van der Waals surface area contributed by atoms with Gasteiger partial charge < -0.3 is 14.4 Å². The highest BCUT2D eigenvalue weighted by molar-refractivity contribution is 6.00. The van der Waals surface area contributed by atoms with E-state index in [1.165, 1.54) is 0 Å². The van der Waals surface area contributed by atoms with Gasteiger partial charge in [-0.15, -0.1) is 0 Å². The summed E-state index contributed by atoms with van der Waals surface area (Å²) in [6.07, 6.45) is 4.30. The van der Waals surface area contributed by atoms with Crippen molar-refractivity contribution in [1.29, 1.82) is 0 Å². The molecule has 3 aliphatic rings. The Kier molecular flexibility index (Phi) is 4.30. The molecule has 4 heteroatoms. The van der Waals surface area contributed by atoms with Crippen LogP contribution < -0.4 is 9.47 Å². The van der Waals surface area contributed by atoms with Crippen molar-refractivity contribution in [3.05, 3.63) is 23.3 Å². The van der Waals surface area contributed by atoms with Crippen LogP contribution in [0.15, 0.2) is 12.1 Å². The van der Waals surface area contributed by atoms with Gasteiger partial charge >= 0.3 is 0 Å². The van der Waals surface area contributed by atoms with Crippen molar-refractivity contribution in [2.45, 2.75) is 71.0 Å². The van der Waals surface area contributed by atoms with E-state index in [1.54, 1.807) is 0 Å². The maximum Gasteiger partial charge on any atom is 0.170 e. The number of Topliss-reactive ketones (excluding diaryl/α,β-unsaturated/α-hetero) is 1. The SMILES string of the molecule is CC(C)CN1CCC2(CC1)CC(=O)c1cc3c(cc1O2)OC(C)(C)CC3. The highest BCUT2D eigenvalue weighted by Gasteiger charge is 2.43. The average Bonchev–Trinajstić information content (AvgIpc) is 2.55. The Hall–Kier alpha value is -1.55. The van der Waals surface area contributed by atoms with Crippen molar-refractivity contribution in [2.24, 2.45) is 5.92 Å². The Morgan fingerprint density at radius 3 is 2.50 bits per heavy atom. The van der Waals surface area contributed by atoms with Crippen LogP contribution >= 0.6 is 0 Å². The fourth-order valence-corrected chi connectivity index (χ4v) is 4.58. The summed E-state index contributed by atoms with van der Waals surface area (Å²) in [5.74, 6) is 2.53. The molecule has 0 saturated carbocycles. The van der Waals surface area contributed by atoms with E-state index in [2.05, 4.69) is 32.6 Å².